The van der Waals surface area contributed by atoms with E-state index in [1.54, 1.807) is 30.3 Å². The van der Waals surface area contributed by atoms with Gasteiger partial charge in [0.15, 0.2) is 5.78 Å². The van der Waals surface area contributed by atoms with Crippen molar-refractivity contribution >= 4 is 46.1 Å². The lowest BCUT2D eigenvalue weighted by atomic mass is 9.95. The molecule has 7 nitrogen and oxygen atoms in total. The molecule has 1 aromatic heterocycles. The van der Waals surface area contributed by atoms with Crippen molar-refractivity contribution in [1.82, 2.24) is 10.3 Å². The summed E-state index contributed by atoms with van der Waals surface area (Å²) in [7, 11) is 1.51. The maximum Gasteiger partial charge on any atom is 0.224 e. The normalized spacial score (nSPS) is 11.4. The van der Waals surface area contributed by atoms with Crippen LogP contribution in [-0.2, 0) is 11.2 Å². The molecule has 3 aromatic rings. The minimum atomic E-state index is -0.522. The highest BCUT2D eigenvalue weighted by molar-refractivity contribution is 7.99. The van der Waals surface area contributed by atoms with Crippen LogP contribution in [0.4, 0.5) is 0 Å². The minimum Gasteiger partial charge on any atom is -0.496 e. The molecule has 32 heavy (non-hydrogen) atoms. The molecule has 168 valence electrons. The van der Waals surface area contributed by atoms with Crippen molar-refractivity contribution in [3.63, 3.8) is 0 Å². The summed E-state index contributed by atoms with van der Waals surface area (Å²) in [5.74, 6) is -0.0200. The Morgan fingerprint density at radius 3 is 2.50 bits per heavy atom. The molecule has 3 rings (SSSR count). The van der Waals surface area contributed by atoms with Gasteiger partial charge in [0.1, 0.15) is 5.75 Å². The standard InChI is InChI=1S/C23H24ClN3O4S/c1-13-16(11-19(28)25-12-23(2,3)32-27-30)20-17(26-13)9-10-18(31-4)21(20)22(29)14-5-7-15(24)8-6-14/h5-10,26H,11-12H2,1-4H3,(H,25,28). The van der Waals surface area contributed by atoms with Crippen LogP contribution in [0.5, 0.6) is 5.75 Å². The molecular formula is C23H24ClN3O4S. The van der Waals surface area contributed by atoms with Gasteiger partial charge >= 0.3 is 0 Å². The molecule has 1 heterocycles. The topological polar surface area (TPSA) is 101 Å². The zero-order valence-electron chi connectivity index (χ0n) is 18.2. The minimum absolute atomic E-state index is 0.0646. The second-order valence-electron chi connectivity index (χ2n) is 8.01. The predicted molar refractivity (Wildman–Crippen MR) is 129 cm³/mol. The van der Waals surface area contributed by atoms with Crippen molar-refractivity contribution in [1.29, 1.82) is 0 Å². The summed E-state index contributed by atoms with van der Waals surface area (Å²) < 4.78 is 7.83. The van der Waals surface area contributed by atoms with Crippen molar-refractivity contribution in [2.24, 2.45) is 4.58 Å². The number of nitroso groups, excluding NO2 is 1. The third-order valence-electron chi connectivity index (χ3n) is 5.13. The fraction of sp³-hybridized carbons (Fsp3) is 0.304. The number of nitrogens with one attached hydrogen (secondary N) is 2. The summed E-state index contributed by atoms with van der Waals surface area (Å²) in [6.45, 7) is 5.79. The molecule has 0 aliphatic carbocycles. The number of fused-ring (bicyclic) bond motifs is 1. The number of nitrogens with zero attached hydrogens (tertiary/aromatic N) is 1. The van der Waals surface area contributed by atoms with E-state index in [4.69, 9.17) is 16.3 Å². The van der Waals surface area contributed by atoms with Gasteiger partial charge in [0, 0.05) is 50.3 Å². The monoisotopic (exact) mass is 473 g/mol. The van der Waals surface area contributed by atoms with E-state index < -0.39 is 4.75 Å². The summed E-state index contributed by atoms with van der Waals surface area (Å²) in [5, 5.41) is 4.04. The summed E-state index contributed by atoms with van der Waals surface area (Å²) in [4.78, 5) is 40.0. The van der Waals surface area contributed by atoms with E-state index in [0.29, 0.717) is 32.8 Å². The summed E-state index contributed by atoms with van der Waals surface area (Å²) in [6.07, 6.45) is 0.0646. The molecule has 0 unspecified atom stereocenters. The summed E-state index contributed by atoms with van der Waals surface area (Å²) in [6, 6.07) is 10.2. The van der Waals surface area contributed by atoms with E-state index in [-0.39, 0.29) is 24.7 Å². The molecule has 0 atom stereocenters. The van der Waals surface area contributed by atoms with Crippen molar-refractivity contribution in [3.05, 3.63) is 68.7 Å². The highest BCUT2D eigenvalue weighted by atomic mass is 35.5. The van der Waals surface area contributed by atoms with Crippen LogP contribution in [0.15, 0.2) is 41.0 Å². The number of ether oxygens (including phenoxy) is 1. The summed E-state index contributed by atoms with van der Waals surface area (Å²) in [5.41, 5.74) is 3.10. The largest absolute Gasteiger partial charge is 0.496 e. The predicted octanol–water partition coefficient (Wildman–Crippen LogP) is 5.22. The lowest BCUT2D eigenvalue weighted by Gasteiger charge is -2.19. The van der Waals surface area contributed by atoms with Crippen LogP contribution >= 0.6 is 23.5 Å². The van der Waals surface area contributed by atoms with Crippen LogP contribution in [0.25, 0.3) is 10.9 Å². The van der Waals surface area contributed by atoms with E-state index in [2.05, 4.69) is 14.9 Å². The molecule has 2 aromatic carbocycles. The molecule has 0 fully saturated rings. The zero-order valence-corrected chi connectivity index (χ0v) is 19.8. The highest BCUT2D eigenvalue weighted by Gasteiger charge is 2.25. The van der Waals surface area contributed by atoms with Gasteiger partial charge in [-0.25, -0.2) is 0 Å². The number of aryl methyl sites for hydroxylation is 1. The Bertz CT molecular complexity index is 1170. The van der Waals surface area contributed by atoms with Crippen molar-refractivity contribution in [3.8, 4) is 5.75 Å². The highest BCUT2D eigenvalue weighted by Crippen LogP contribution is 2.34. The quantitative estimate of drug-likeness (QED) is 0.252. The van der Waals surface area contributed by atoms with E-state index >= 15 is 0 Å². The number of amides is 1. The Kier molecular flexibility index (Phi) is 7.26. The summed E-state index contributed by atoms with van der Waals surface area (Å²) >= 11 is 6.85. The Hall–Kier alpha value is -2.84. The van der Waals surface area contributed by atoms with E-state index in [1.165, 1.54) is 7.11 Å². The molecule has 0 radical (unpaired) electrons. The average Bonchev–Trinajstić information content (AvgIpc) is 3.06. The number of H-pyrrole nitrogens is 1. The molecule has 0 bridgehead atoms. The Balaban J connectivity index is 2.01. The molecule has 2 N–H and O–H groups in total. The lowest BCUT2D eigenvalue weighted by molar-refractivity contribution is -0.120. The maximum absolute atomic E-state index is 13.4. The average molecular weight is 474 g/mol. The number of rotatable bonds is 9. The van der Waals surface area contributed by atoms with Gasteiger partial charge in [0.2, 0.25) is 5.91 Å². The number of halogens is 1. The molecule has 0 aliphatic rings. The van der Waals surface area contributed by atoms with Crippen molar-refractivity contribution in [2.75, 3.05) is 13.7 Å². The van der Waals surface area contributed by atoms with Gasteiger partial charge in [-0.1, -0.05) is 11.6 Å². The SMILES string of the molecule is COc1ccc2[nH]c(C)c(CC(=O)NCC(C)(C)SN=O)c2c1C(=O)c1ccc(Cl)cc1. The van der Waals surface area contributed by atoms with Crippen LogP contribution in [0, 0.1) is 11.8 Å². The molecular weight excluding hydrogens is 450 g/mol. The molecule has 0 saturated carbocycles. The Morgan fingerprint density at radius 2 is 1.88 bits per heavy atom. The van der Waals surface area contributed by atoms with Crippen LogP contribution in [-0.4, -0.2) is 35.1 Å². The van der Waals surface area contributed by atoms with E-state index in [0.717, 1.165) is 23.2 Å². The van der Waals surface area contributed by atoms with Crippen LogP contribution in [0.3, 0.4) is 0 Å². The van der Waals surface area contributed by atoms with Gasteiger partial charge in [0.25, 0.3) is 0 Å². The fourth-order valence-electron chi connectivity index (χ4n) is 3.50. The second-order valence-corrected chi connectivity index (χ2v) is 9.88. The van der Waals surface area contributed by atoms with Gasteiger partial charge in [-0.3, -0.25) is 9.59 Å². The number of ketones is 1. The van der Waals surface area contributed by atoms with Crippen molar-refractivity contribution < 1.29 is 14.3 Å². The number of benzene rings is 2. The Labute approximate surface area is 195 Å². The molecule has 0 saturated heterocycles. The van der Waals surface area contributed by atoms with Gasteiger partial charge in [-0.15, -0.1) is 4.91 Å². The number of methoxy groups -OCH3 is 1. The number of carbonyl (C=O) groups excluding carboxylic acids is 2. The molecule has 1 amide bonds. The third kappa shape index (κ3) is 5.14. The van der Waals surface area contributed by atoms with Crippen molar-refractivity contribution in [2.45, 2.75) is 31.9 Å². The van der Waals surface area contributed by atoms with Gasteiger partial charge < -0.3 is 15.0 Å². The van der Waals surface area contributed by atoms with Gasteiger partial charge in [-0.2, -0.15) is 0 Å². The molecule has 9 heteroatoms. The van der Waals surface area contributed by atoms with Crippen LogP contribution in [0.1, 0.15) is 41.0 Å². The molecule has 0 aliphatic heterocycles. The van der Waals surface area contributed by atoms with Crippen LogP contribution in [0.2, 0.25) is 5.02 Å². The smallest absolute Gasteiger partial charge is 0.224 e. The molecule has 0 spiro atoms. The van der Waals surface area contributed by atoms with E-state index in [9.17, 15) is 14.5 Å². The first kappa shape index (κ1) is 23.8. The second kappa shape index (κ2) is 9.75. The number of hydrogen-bond donors (Lipinski definition) is 2. The number of aromatic amines is 1. The first-order valence-corrected chi connectivity index (χ1v) is 11.1. The van der Waals surface area contributed by atoms with Crippen LogP contribution < -0.4 is 10.1 Å². The zero-order chi connectivity index (χ0) is 23.5. The number of hydrogen-bond acceptors (Lipinski definition) is 6. The first-order chi connectivity index (χ1) is 15.2. The Morgan fingerprint density at radius 1 is 1.19 bits per heavy atom. The van der Waals surface area contributed by atoms with E-state index in [1.807, 2.05) is 26.8 Å². The van der Waals surface area contributed by atoms with Gasteiger partial charge in [-0.05, 0) is 62.7 Å². The number of carbonyl (C=O) groups is 2. The van der Waals surface area contributed by atoms with Gasteiger partial charge in [0.05, 0.1) is 23.8 Å². The third-order valence-corrected chi connectivity index (χ3v) is 6.10. The number of aromatic nitrogens is 1. The fourth-order valence-corrected chi connectivity index (χ4v) is 3.96. The lowest BCUT2D eigenvalue weighted by Crippen LogP contribution is -2.36. The maximum atomic E-state index is 13.4. The first-order valence-electron chi connectivity index (χ1n) is 9.93.